The van der Waals surface area contributed by atoms with E-state index in [-0.39, 0.29) is 36.8 Å². The van der Waals surface area contributed by atoms with Gasteiger partial charge in [-0.05, 0) is 73.5 Å². The Morgan fingerprint density at radius 3 is 2.49 bits per heavy atom. The number of hydrogen-bond donors (Lipinski definition) is 4. The molecular weight excluding hydrogens is 496 g/mol. The summed E-state index contributed by atoms with van der Waals surface area (Å²) in [5.41, 5.74) is -0.284. The van der Waals surface area contributed by atoms with Crippen molar-refractivity contribution >= 4 is 23.4 Å². The summed E-state index contributed by atoms with van der Waals surface area (Å²) in [4.78, 5) is 49.8. The van der Waals surface area contributed by atoms with Crippen LogP contribution in [0.15, 0.2) is 11.3 Å². The number of aliphatic hydroxyl groups is 2. The summed E-state index contributed by atoms with van der Waals surface area (Å²) >= 11 is 0. The van der Waals surface area contributed by atoms with Gasteiger partial charge in [0.15, 0.2) is 5.78 Å². The predicted molar refractivity (Wildman–Crippen MR) is 147 cm³/mol. The second-order valence-corrected chi connectivity index (χ2v) is 12.6. The van der Waals surface area contributed by atoms with Crippen LogP contribution in [0.25, 0.3) is 0 Å². The molecule has 0 aromatic heterocycles. The van der Waals surface area contributed by atoms with Crippen LogP contribution in [-0.2, 0) is 19.2 Å². The van der Waals surface area contributed by atoms with Crippen molar-refractivity contribution in [2.45, 2.75) is 104 Å². The molecule has 8 heteroatoms. The van der Waals surface area contributed by atoms with Crippen LogP contribution >= 0.6 is 0 Å². The molecule has 4 N–H and O–H groups in total. The van der Waals surface area contributed by atoms with E-state index < -0.39 is 29.6 Å². The quantitative estimate of drug-likeness (QED) is 0.276. The summed E-state index contributed by atoms with van der Waals surface area (Å²) in [5, 5.41) is 26.0. The van der Waals surface area contributed by atoms with Crippen LogP contribution < -0.4 is 10.6 Å². The number of ketones is 2. The van der Waals surface area contributed by atoms with Crippen LogP contribution in [0.3, 0.4) is 0 Å². The second kappa shape index (κ2) is 12.5. The molecule has 0 bridgehead atoms. The van der Waals surface area contributed by atoms with E-state index in [1.54, 1.807) is 6.92 Å². The third-order valence-corrected chi connectivity index (χ3v) is 10.7. The lowest BCUT2D eigenvalue weighted by Gasteiger charge is -2.42. The van der Waals surface area contributed by atoms with Crippen molar-refractivity contribution < 1.29 is 29.4 Å². The lowest BCUT2D eigenvalue weighted by molar-refractivity contribution is -0.133. The molecule has 3 fully saturated rings. The van der Waals surface area contributed by atoms with Gasteiger partial charge in [-0.15, -0.1) is 0 Å². The largest absolute Gasteiger partial charge is 0.509 e. The Morgan fingerprint density at radius 2 is 1.82 bits per heavy atom. The van der Waals surface area contributed by atoms with Gasteiger partial charge < -0.3 is 20.8 Å². The number of aliphatic hydroxyl groups excluding tert-OH is 2. The Kier molecular flexibility index (Phi) is 9.56. The van der Waals surface area contributed by atoms with Gasteiger partial charge in [0.25, 0.3) is 5.91 Å². The van der Waals surface area contributed by atoms with Crippen molar-refractivity contribution in [2.24, 2.45) is 47.3 Å². The first kappa shape index (κ1) is 29.8. The number of carbonyl (C=O) groups is 4. The van der Waals surface area contributed by atoms with E-state index >= 15 is 0 Å². The molecule has 10 atom stereocenters. The van der Waals surface area contributed by atoms with E-state index in [0.29, 0.717) is 54.1 Å². The molecule has 1 heterocycles. The van der Waals surface area contributed by atoms with Gasteiger partial charge >= 0.3 is 0 Å². The van der Waals surface area contributed by atoms with E-state index in [9.17, 15) is 29.4 Å². The number of fused-ring (bicyclic) bond motifs is 3. The van der Waals surface area contributed by atoms with Gasteiger partial charge in [0, 0.05) is 31.7 Å². The predicted octanol–water partition coefficient (Wildman–Crippen LogP) is 3.86. The van der Waals surface area contributed by atoms with Crippen LogP contribution in [0, 0.1) is 47.3 Å². The minimum Gasteiger partial charge on any atom is -0.509 e. The van der Waals surface area contributed by atoms with Crippen LogP contribution in [0.1, 0.15) is 91.9 Å². The van der Waals surface area contributed by atoms with E-state index in [0.717, 1.165) is 25.2 Å². The van der Waals surface area contributed by atoms with Crippen molar-refractivity contribution in [1.82, 2.24) is 10.6 Å². The molecule has 39 heavy (non-hydrogen) atoms. The second-order valence-electron chi connectivity index (χ2n) is 12.6. The minimum absolute atomic E-state index is 0.0848. The van der Waals surface area contributed by atoms with E-state index in [4.69, 9.17) is 0 Å². The summed E-state index contributed by atoms with van der Waals surface area (Å²) in [6.07, 6.45) is 6.62. The molecule has 0 radical (unpaired) electrons. The number of rotatable bonds is 12. The van der Waals surface area contributed by atoms with Crippen molar-refractivity contribution in [1.29, 1.82) is 0 Å². The maximum atomic E-state index is 13.3. The van der Waals surface area contributed by atoms with E-state index in [1.807, 2.05) is 0 Å². The van der Waals surface area contributed by atoms with E-state index in [1.165, 1.54) is 19.3 Å². The fourth-order valence-electron chi connectivity index (χ4n) is 8.78. The molecule has 2 amide bonds. The summed E-state index contributed by atoms with van der Waals surface area (Å²) in [6.45, 7) is 8.65. The molecule has 10 unspecified atom stereocenters. The third kappa shape index (κ3) is 5.82. The molecule has 0 aromatic rings. The van der Waals surface area contributed by atoms with Gasteiger partial charge in [-0.3, -0.25) is 19.2 Å². The Balaban J connectivity index is 1.24. The van der Waals surface area contributed by atoms with Gasteiger partial charge in [0.1, 0.15) is 23.2 Å². The summed E-state index contributed by atoms with van der Waals surface area (Å²) in [5.74, 6) is 3.10. The maximum Gasteiger partial charge on any atom is 0.259 e. The fraction of sp³-hybridized carbons (Fsp3) is 0.806. The summed E-state index contributed by atoms with van der Waals surface area (Å²) in [7, 11) is 0. The van der Waals surface area contributed by atoms with Crippen molar-refractivity contribution in [3.05, 3.63) is 11.3 Å². The van der Waals surface area contributed by atoms with Crippen molar-refractivity contribution in [2.75, 3.05) is 6.54 Å². The van der Waals surface area contributed by atoms with Gasteiger partial charge in [-0.1, -0.05) is 40.5 Å². The molecule has 3 saturated carbocycles. The number of hydrogen-bond acceptors (Lipinski definition) is 6. The lowest BCUT2D eigenvalue weighted by Crippen LogP contribution is -2.41. The molecular formula is C31H48N2O6. The highest BCUT2D eigenvalue weighted by Gasteiger charge is 2.58. The molecule has 0 spiro atoms. The zero-order valence-electron chi connectivity index (χ0n) is 24.1. The highest BCUT2D eigenvalue weighted by Crippen LogP contribution is 2.61. The lowest BCUT2D eigenvalue weighted by atomic mass is 9.62. The standard InChI is InChI=1S/C31H48N2O6/c1-5-17-13-19-14-21-20(18(6-2)15-24(36)27(21)26(19)16(17)4)9-8-10-25(37)32-12-11-23(35)29-30(38)28(22(34)7-3)31(39)33-29/h16-21,23,26-27,29,35,38H,5-15H2,1-4H3,(H,32,37)(H,33,39). The molecule has 1 aliphatic heterocycles. The monoisotopic (exact) mass is 544 g/mol. The van der Waals surface area contributed by atoms with Gasteiger partial charge in [-0.25, -0.2) is 0 Å². The van der Waals surface area contributed by atoms with Gasteiger partial charge in [0.2, 0.25) is 5.91 Å². The van der Waals surface area contributed by atoms with Crippen molar-refractivity contribution in [3.63, 3.8) is 0 Å². The van der Waals surface area contributed by atoms with Crippen LogP contribution in [0.5, 0.6) is 0 Å². The molecule has 8 nitrogen and oxygen atoms in total. The SMILES string of the molecule is CCC(=O)C1=C(O)C(C(O)CCNC(=O)CCCC2C(CC)CC(=O)C3C2CC2CC(CC)C(C)C23)NC1=O. The summed E-state index contributed by atoms with van der Waals surface area (Å²) < 4.78 is 0. The maximum absolute atomic E-state index is 13.3. The van der Waals surface area contributed by atoms with E-state index in [2.05, 4.69) is 31.4 Å². The van der Waals surface area contributed by atoms with Gasteiger partial charge in [0.05, 0.1) is 6.10 Å². The normalized spacial score (nSPS) is 36.5. The minimum atomic E-state index is -1.12. The highest BCUT2D eigenvalue weighted by molar-refractivity contribution is 6.21. The Morgan fingerprint density at radius 1 is 1.10 bits per heavy atom. The molecule has 4 rings (SSSR count). The molecule has 0 saturated heterocycles. The Hall–Kier alpha value is -2.22. The number of nitrogens with one attached hydrogen (secondary N) is 2. The zero-order valence-corrected chi connectivity index (χ0v) is 24.1. The Labute approximate surface area is 232 Å². The number of Topliss-reactive ketones (excluding diaryl/α,β-unsaturated/α-hetero) is 2. The highest BCUT2D eigenvalue weighted by atomic mass is 16.3. The van der Waals surface area contributed by atoms with Crippen LogP contribution in [0.2, 0.25) is 0 Å². The fourth-order valence-corrected chi connectivity index (χ4v) is 8.78. The molecule has 3 aliphatic carbocycles. The first-order chi connectivity index (χ1) is 18.6. The zero-order chi connectivity index (χ0) is 28.4. The molecule has 4 aliphatic rings. The van der Waals surface area contributed by atoms with Crippen LogP contribution in [-0.4, -0.2) is 52.3 Å². The topological polar surface area (TPSA) is 133 Å². The third-order valence-electron chi connectivity index (χ3n) is 10.7. The molecule has 218 valence electrons. The molecule has 0 aromatic carbocycles. The smallest absolute Gasteiger partial charge is 0.259 e. The average molecular weight is 545 g/mol. The Bertz CT molecular complexity index is 992. The summed E-state index contributed by atoms with van der Waals surface area (Å²) in [6, 6.07) is -1.03. The number of amides is 2. The van der Waals surface area contributed by atoms with Crippen LogP contribution in [0.4, 0.5) is 0 Å². The first-order valence-electron chi connectivity index (χ1n) is 15.4. The number of carbonyl (C=O) groups excluding carboxylic acids is 4. The van der Waals surface area contributed by atoms with Gasteiger partial charge in [-0.2, -0.15) is 0 Å². The van der Waals surface area contributed by atoms with Crippen molar-refractivity contribution in [3.8, 4) is 0 Å². The first-order valence-corrected chi connectivity index (χ1v) is 15.4. The average Bonchev–Trinajstić information content (AvgIpc) is 3.54.